The number of hydrogen-bond donors (Lipinski definition) is 2. The lowest BCUT2D eigenvalue weighted by atomic mass is 10.2. The molecular formula is C17H18N2O3. The highest BCUT2D eigenvalue weighted by atomic mass is 16.5. The second kappa shape index (κ2) is 7.83. The van der Waals surface area contributed by atoms with Crippen molar-refractivity contribution in [2.45, 2.75) is 13.3 Å². The number of rotatable bonds is 5. The Morgan fingerprint density at radius 1 is 1.05 bits per heavy atom. The predicted molar refractivity (Wildman–Crippen MR) is 84.9 cm³/mol. The summed E-state index contributed by atoms with van der Waals surface area (Å²) in [6.45, 7) is 1.82. The van der Waals surface area contributed by atoms with E-state index < -0.39 is 12.0 Å². The fourth-order valence-corrected chi connectivity index (χ4v) is 1.85. The molecule has 0 bridgehead atoms. The standard InChI is InChI=1S/C17H18N2O3/c1-2-13-7-6-10-15(11-13)22-16(20)12-18-17(21)19-14-8-4-3-5-9-14/h3-11H,2,12H2,1H3,(H2,18,19,21). The van der Waals surface area contributed by atoms with Gasteiger partial charge in [-0.2, -0.15) is 0 Å². The van der Waals surface area contributed by atoms with Crippen molar-refractivity contribution in [2.24, 2.45) is 0 Å². The maximum atomic E-state index is 11.7. The van der Waals surface area contributed by atoms with Gasteiger partial charge >= 0.3 is 12.0 Å². The highest BCUT2D eigenvalue weighted by Gasteiger charge is 2.08. The van der Waals surface area contributed by atoms with Crippen LogP contribution in [-0.4, -0.2) is 18.5 Å². The minimum atomic E-state index is -0.517. The van der Waals surface area contributed by atoms with E-state index in [1.54, 1.807) is 18.2 Å². The van der Waals surface area contributed by atoms with Gasteiger partial charge in [-0.15, -0.1) is 0 Å². The molecule has 0 aromatic heterocycles. The topological polar surface area (TPSA) is 67.4 Å². The van der Waals surface area contributed by atoms with Crippen LogP contribution in [0.4, 0.5) is 10.5 Å². The van der Waals surface area contributed by atoms with Gasteiger partial charge in [0.1, 0.15) is 12.3 Å². The first-order valence-electron chi connectivity index (χ1n) is 7.07. The van der Waals surface area contributed by atoms with Crippen molar-refractivity contribution in [3.63, 3.8) is 0 Å². The Hall–Kier alpha value is -2.82. The van der Waals surface area contributed by atoms with Crippen LogP contribution in [0, 0.1) is 0 Å². The summed E-state index contributed by atoms with van der Waals surface area (Å²) in [6, 6.07) is 15.8. The largest absolute Gasteiger partial charge is 0.425 e. The Bertz CT molecular complexity index is 641. The molecule has 0 saturated heterocycles. The number of nitrogens with one attached hydrogen (secondary N) is 2. The van der Waals surface area contributed by atoms with Crippen LogP contribution in [0.3, 0.4) is 0 Å². The van der Waals surface area contributed by atoms with E-state index in [1.807, 2.05) is 43.3 Å². The average Bonchev–Trinajstić information content (AvgIpc) is 2.54. The normalized spacial score (nSPS) is 9.86. The first kappa shape index (κ1) is 15.6. The molecule has 2 N–H and O–H groups in total. The van der Waals surface area contributed by atoms with E-state index in [-0.39, 0.29) is 6.54 Å². The third-order valence-electron chi connectivity index (χ3n) is 2.96. The van der Waals surface area contributed by atoms with Gasteiger partial charge in [-0.1, -0.05) is 37.3 Å². The Kier molecular flexibility index (Phi) is 5.54. The first-order chi connectivity index (χ1) is 10.7. The van der Waals surface area contributed by atoms with E-state index in [0.29, 0.717) is 11.4 Å². The fourth-order valence-electron chi connectivity index (χ4n) is 1.85. The zero-order valence-electron chi connectivity index (χ0n) is 12.3. The van der Waals surface area contributed by atoms with E-state index in [9.17, 15) is 9.59 Å². The molecular weight excluding hydrogens is 280 g/mol. The van der Waals surface area contributed by atoms with E-state index in [1.165, 1.54) is 0 Å². The molecule has 0 aliphatic carbocycles. The molecule has 5 heteroatoms. The van der Waals surface area contributed by atoms with E-state index in [0.717, 1.165) is 12.0 Å². The van der Waals surface area contributed by atoms with Crippen molar-refractivity contribution >= 4 is 17.7 Å². The molecule has 2 aromatic carbocycles. The van der Waals surface area contributed by atoms with Crippen LogP contribution < -0.4 is 15.4 Å². The molecule has 0 fully saturated rings. The molecule has 0 aliphatic rings. The number of urea groups is 1. The van der Waals surface area contributed by atoms with Gasteiger partial charge in [0.2, 0.25) is 0 Å². The van der Waals surface area contributed by atoms with Crippen molar-refractivity contribution < 1.29 is 14.3 Å². The summed E-state index contributed by atoms with van der Waals surface area (Å²) in [5.74, 6) is -0.0360. The average molecular weight is 298 g/mol. The predicted octanol–water partition coefficient (Wildman–Crippen LogP) is 2.98. The summed E-state index contributed by atoms with van der Waals surface area (Å²) in [5, 5.41) is 5.08. The lowest BCUT2D eigenvalue weighted by Gasteiger charge is -2.08. The third-order valence-corrected chi connectivity index (χ3v) is 2.96. The molecule has 0 spiro atoms. The number of esters is 1. The minimum Gasteiger partial charge on any atom is -0.425 e. The summed E-state index contributed by atoms with van der Waals surface area (Å²) in [6.07, 6.45) is 0.864. The first-order valence-corrected chi connectivity index (χ1v) is 7.07. The van der Waals surface area contributed by atoms with Crippen molar-refractivity contribution in [1.29, 1.82) is 0 Å². The summed E-state index contributed by atoms with van der Waals surface area (Å²) < 4.78 is 5.18. The summed E-state index contributed by atoms with van der Waals surface area (Å²) >= 11 is 0. The molecule has 5 nitrogen and oxygen atoms in total. The monoisotopic (exact) mass is 298 g/mol. The number of para-hydroxylation sites is 1. The van der Waals surface area contributed by atoms with Crippen LogP contribution in [0.5, 0.6) is 5.75 Å². The van der Waals surface area contributed by atoms with E-state index in [2.05, 4.69) is 10.6 Å². The van der Waals surface area contributed by atoms with Crippen molar-refractivity contribution in [3.05, 3.63) is 60.2 Å². The molecule has 114 valence electrons. The molecule has 2 rings (SSSR count). The maximum absolute atomic E-state index is 11.7. The molecule has 22 heavy (non-hydrogen) atoms. The fraction of sp³-hybridized carbons (Fsp3) is 0.176. The van der Waals surface area contributed by atoms with E-state index in [4.69, 9.17) is 4.74 Å². The van der Waals surface area contributed by atoms with Crippen molar-refractivity contribution in [3.8, 4) is 5.75 Å². The molecule has 2 amide bonds. The van der Waals surface area contributed by atoms with Crippen LogP contribution >= 0.6 is 0 Å². The molecule has 0 saturated carbocycles. The van der Waals surface area contributed by atoms with Gasteiger partial charge in [-0.3, -0.25) is 0 Å². The number of carbonyl (C=O) groups is 2. The molecule has 0 unspecified atom stereocenters. The number of aryl methyl sites for hydroxylation is 1. The molecule has 0 atom stereocenters. The quantitative estimate of drug-likeness (QED) is 0.658. The Balaban J connectivity index is 1.78. The zero-order valence-corrected chi connectivity index (χ0v) is 12.3. The molecule has 0 aliphatic heterocycles. The number of carbonyl (C=O) groups excluding carboxylic acids is 2. The lowest BCUT2D eigenvalue weighted by molar-refractivity contribution is -0.133. The summed E-state index contributed by atoms with van der Waals surface area (Å²) in [7, 11) is 0. The van der Waals surface area contributed by atoms with Crippen molar-refractivity contribution in [2.75, 3.05) is 11.9 Å². The summed E-state index contributed by atoms with van der Waals surface area (Å²) in [4.78, 5) is 23.3. The highest BCUT2D eigenvalue weighted by Crippen LogP contribution is 2.13. The van der Waals surface area contributed by atoms with Gasteiger partial charge in [0.15, 0.2) is 0 Å². The van der Waals surface area contributed by atoms with Crippen LogP contribution in [-0.2, 0) is 11.2 Å². The Labute approximate surface area is 129 Å². The second-order valence-corrected chi connectivity index (χ2v) is 4.65. The lowest BCUT2D eigenvalue weighted by Crippen LogP contribution is -2.35. The second-order valence-electron chi connectivity index (χ2n) is 4.65. The van der Waals surface area contributed by atoms with E-state index >= 15 is 0 Å². The van der Waals surface area contributed by atoms with Crippen LogP contribution in [0.1, 0.15) is 12.5 Å². The van der Waals surface area contributed by atoms with Crippen LogP contribution in [0.2, 0.25) is 0 Å². The smallest absolute Gasteiger partial charge is 0.330 e. The van der Waals surface area contributed by atoms with Gasteiger partial charge in [0.05, 0.1) is 0 Å². The number of amides is 2. The van der Waals surface area contributed by atoms with Crippen LogP contribution in [0.15, 0.2) is 54.6 Å². The Morgan fingerprint density at radius 2 is 1.82 bits per heavy atom. The van der Waals surface area contributed by atoms with Crippen LogP contribution in [0.25, 0.3) is 0 Å². The van der Waals surface area contributed by atoms with Gasteiger partial charge in [0, 0.05) is 5.69 Å². The van der Waals surface area contributed by atoms with Gasteiger partial charge < -0.3 is 15.4 Å². The number of benzene rings is 2. The Morgan fingerprint density at radius 3 is 2.55 bits per heavy atom. The van der Waals surface area contributed by atoms with Gasteiger partial charge in [0.25, 0.3) is 0 Å². The SMILES string of the molecule is CCc1cccc(OC(=O)CNC(=O)Nc2ccccc2)c1. The molecule has 0 radical (unpaired) electrons. The number of ether oxygens (including phenoxy) is 1. The molecule has 2 aromatic rings. The minimum absolute atomic E-state index is 0.199. The maximum Gasteiger partial charge on any atom is 0.330 e. The van der Waals surface area contributed by atoms with Gasteiger partial charge in [-0.25, -0.2) is 9.59 Å². The molecule has 0 heterocycles. The number of anilines is 1. The van der Waals surface area contributed by atoms with Crippen molar-refractivity contribution in [1.82, 2.24) is 5.32 Å². The summed E-state index contributed by atoms with van der Waals surface area (Å²) in [5.41, 5.74) is 1.74. The third kappa shape index (κ3) is 4.94. The van der Waals surface area contributed by atoms with Gasteiger partial charge in [-0.05, 0) is 36.2 Å². The highest BCUT2D eigenvalue weighted by molar-refractivity contribution is 5.91. The number of hydrogen-bond acceptors (Lipinski definition) is 3. The zero-order chi connectivity index (χ0) is 15.8.